The third-order valence-electron chi connectivity index (χ3n) is 3.67. The molecular weight excluding hydrogens is 222 g/mol. The Bertz CT molecular complexity index is 652. The number of nitriles is 1. The van der Waals surface area contributed by atoms with Crippen molar-refractivity contribution in [3.05, 3.63) is 35.9 Å². The van der Waals surface area contributed by atoms with Crippen molar-refractivity contribution in [2.75, 3.05) is 5.32 Å². The molecule has 1 heterocycles. The van der Waals surface area contributed by atoms with Gasteiger partial charge in [0.2, 0.25) is 0 Å². The first-order valence-corrected chi connectivity index (χ1v) is 6.16. The average Bonchev–Trinajstić information content (AvgIpc) is 2.95. The van der Waals surface area contributed by atoms with Gasteiger partial charge in [-0.3, -0.25) is 0 Å². The molecule has 3 rings (SSSR count). The van der Waals surface area contributed by atoms with Gasteiger partial charge in [0.05, 0.1) is 17.1 Å². The van der Waals surface area contributed by atoms with E-state index in [9.17, 15) is 5.26 Å². The molecule has 3 heteroatoms. The molecule has 0 bridgehead atoms. The van der Waals surface area contributed by atoms with Crippen LogP contribution < -0.4 is 5.32 Å². The number of nitrogens with one attached hydrogen (secondary N) is 1. The molecule has 1 fully saturated rings. The van der Waals surface area contributed by atoms with E-state index in [-0.39, 0.29) is 0 Å². The molecule has 2 aromatic rings. The summed E-state index contributed by atoms with van der Waals surface area (Å²) in [5, 5.41) is 13.5. The van der Waals surface area contributed by atoms with Crippen LogP contribution in [0.5, 0.6) is 0 Å². The van der Waals surface area contributed by atoms with Crippen LogP contribution in [-0.2, 0) is 0 Å². The number of nitrogens with zero attached hydrogens (tertiary/aromatic N) is 2. The number of hydrogen-bond donors (Lipinski definition) is 1. The van der Waals surface area contributed by atoms with Gasteiger partial charge in [-0.25, -0.2) is 4.98 Å². The summed E-state index contributed by atoms with van der Waals surface area (Å²) in [5.74, 6) is 0.806. The lowest BCUT2D eigenvalue weighted by Crippen LogP contribution is -2.09. The number of fused-ring (bicyclic) bond motifs is 1. The molecule has 18 heavy (non-hydrogen) atoms. The second-order valence-corrected chi connectivity index (χ2v) is 5.57. The van der Waals surface area contributed by atoms with Crippen molar-refractivity contribution >= 4 is 16.7 Å². The molecule has 1 atom stereocenters. The lowest BCUT2D eigenvalue weighted by atomic mass is 10.1. The van der Waals surface area contributed by atoms with E-state index in [1.807, 2.05) is 30.3 Å². The molecule has 0 spiro atoms. The van der Waals surface area contributed by atoms with Gasteiger partial charge in [-0.1, -0.05) is 32.0 Å². The van der Waals surface area contributed by atoms with Crippen LogP contribution >= 0.6 is 0 Å². The second kappa shape index (κ2) is 3.71. The standard InChI is InChI=1S/C15H15N3/c1-15(2)8-13(15)18-14-7-10(9-16)11-5-3-4-6-12(11)17-14/h3-7,13H,8H2,1-2H3,(H,17,18). The van der Waals surface area contributed by atoms with E-state index in [0.29, 0.717) is 17.0 Å². The first kappa shape index (κ1) is 11.0. The molecule has 0 radical (unpaired) electrons. The number of para-hydroxylation sites is 1. The highest BCUT2D eigenvalue weighted by Gasteiger charge is 2.45. The van der Waals surface area contributed by atoms with Crippen LogP contribution in [0.25, 0.3) is 10.9 Å². The Morgan fingerprint density at radius 2 is 2.11 bits per heavy atom. The van der Waals surface area contributed by atoms with E-state index >= 15 is 0 Å². The predicted molar refractivity (Wildman–Crippen MR) is 72.3 cm³/mol. The maximum absolute atomic E-state index is 9.21. The summed E-state index contributed by atoms with van der Waals surface area (Å²) in [6.07, 6.45) is 1.16. The average molecular weight is 237 g/mol. The zero-order valence-corrected chi connectivity index (χ0v) is 10.6. The van der Waals surface area contributed by atoms with Gasteiger partial charge in [0.15, 0.2) is 0 Å². The molecule has 0 aliphatic heterocycles. The fourth-order valence-corrected chi connectivity index (χ4v) is 2.23. The van der Waals surface area contributed by atoms with Crippen LogP contribution in [0, 0.1) is 16.7 Å². The zero-order chi connectivity index (χ0) is 12.8. The molecule has 0 amide bonds. The van der Waals surface area contributed by atoms with Crippen molar-refractivity contribution < 1.29 is 0 Å². The van der Waals surface area contributed by atoms with Crippen molar-refractivity contribution in [3.8, 4) is 6.07 Å². The van der Waals surface area contributed by atoms with Crippen LogP contribution in [0.2, 0.25) is 0 Å². The summed E-state index contributed by atoms with van der Waals surface area (Å²) >= 11 is 0. The summed E-state index contributed by atoms with van der Waals surface area (Å²) < 4.78 is 0. The summed E-state index contributed by atoms with van der Waals surface area (Å²) in [6.45, 7) is 4.47. The van der Waals surface area contributed by atoms with Crippen LogP contribution in [0.3, 0.4) is 0 Å². The maximum atomic E-state index is 9.21. The topological polar surface area (TPSA) is 48.7 Å². The van der Waals surface area contributed by atoms with Crippen molar-refractivity contribution in [3.63, 3.8) is 0 Å². The van der Waals surface area contributed by atoms with E-state index in [1.54, 1.807) is 0 Å². The Kier molecular flexibility index (Phi) is 2.27. The van der Waals surface area contributed by atoms with Gasteiger partial charge in [-0.05, 0) is 24.0 Å². The van der Waals surface area contributed by atoms with Crippen molar-refractivity contribution in [1.29, 1.82) is 5.26 Å². The number of pyridine rings is 1. The third kappa shape index (κ3) is 1.80. The fraction of sp³-hybridized carbons (Fsp3) is 0.333. The maximum Gasteiger partial charge on any atom is 0.128 e. The predicted octanol–water partition coefficient (Wildman–Crippen LogP) is 3.32. The molecule has 90 valence electrons. The first-order valence-electron chi connectivity index (χ1n) is 6.16. The zero-order valence-electron chi connectivity index (χ0n) is 10.6. The molecule has 3 nitrogen and oxygen atoms in total. The van der Waals surface area contributed by atoms with Gasteiger partial charge in [0.1, 0.15) is 5.82 Å². The third-order valence-corrected chi connectivity index (χ3v) is 3.67. The second-order valence-electron chi connectivity index (χ2n) is 5.57. The Balaban J connectivity index is 2.01. The molecule has 0 saturated heterocycles. The highest BCUT2D eigenvalue weighted by atomic mass is 15.1. The van der Waals surface area contributed by atoms with Crippen LogP contribution in [0.4, 0.5) is 5.82 Å². The lowest BCUT2D eigenvalue weighted by molar-refractivity contribution is 0.630. The fourth-order valence-electron chi connectivity index (χ4n) is 2.23. The van der Waals surface area contributed by atoms with Crippen molar-refractivity contribution in [1.82, 2.24) is 4.98 Å². The highest BCUT2D eigenvalue weighted by molar-refractivity contribution is 5.86. The van der Waals surface area contributed by atoms with Crippen LogP contribution in [-0.4, -0.2) is 11.0 Å². The normalized spacial score (nSPS) is 20.4. The smallest absolute Gasteiger partial charge is 0.128 e. The molecule has 1 aromatic heterocycles. The van der Waals surface area contributed by atoms with Gasteiger partial charge in [-0.2, -0.15) is 5.26 Å². The van der Waals surface area contributed by atoms with Gasteiger partial charge in [0.25, 0.3) is 0 Å². The van der Waals surface area contributed by atoms with E-state index in [4.69, 9.17) is 0 Å². The Hall–Kier alpha value is -2.08. The Morgan fingerprint density at radius 3 is 2.78 bits per heavy atom. The molecule has 1 aromatic carbocycles. The van der Waals surface area contributed by atoms with E-state index in [0.717, 1.165) is 23.1 Å². The lowest BCUT2D eigenvalue weighted by Gasteiger charge is -2.09. The molecule has 1 aliphatic rings. The SMILES string of the molecule is CC1(C)CC1Nc1cc(C#N)c2ccccc2n1. The summed E-state index contributed by atoms with van der Waals surface area (Å²) in [5.41, 5.74) is 1.90. The van der Waals surface area contributed by atoms with Crippen LogP contribution in [0.15, 0.2) is 30.3 Å². The largest absolute Gasteiger partial charge is 0.367 e. The van der Waals surface area contributed by atoms with E-state index in [1.165, 1.54) is 0 Å². The Labute approximate surface area is 106 Å². The van der Waals surface area contributed by atoms with Gasteiger partial charge in [0, 0.05) is 11.4 Å². The van der Waals surface area contributed by atoms with E-state index < -0.39 is 0 Å². The summed E-state index contributed by atoms with van der Waals surface area (Å²) in [6, 6.07) is 12.3. The minimum absolute atomic E-state index is 0.347. The molecule has 1 saturated carbocycles. The monoisotopic (exact) mass is 237 g/mol. The van der Waals surface area contributed by atoms with Gasteiger partial charge < -0.3 is 5.32 Å². The van der Waals surface area contributed by atoms with E-state index in [2.05, 4.69) is 30.2 Å². The van der Waals surface area contributed by atoms with Gasteiger partial charge in [-0.15, -0.1) is 0 Å². The van der Waals surface area contributed by atoms with Crippen molar-refractivity contribution in [2.45, 2.75) is 26.3 Å². The number of benzene rings is 1. The first-order chi connectivity index (χ1) is 8.60. The minimum atomic E-state index is 0.347. The number of hydrogen-bond acceptors (Lipinski definition) is 3. The van der Waals surface area contributed by atoms with Crippen molar-refractivity contribution in [2.24, 2.45) is 5.41 Å². The number of rotatable bonds is 2. The molecule has 1 aliphatic carbocycles. The molecule has 1 unspecified atom stereocenters. The number of anilines is 1. The van der Waals surface area contributed by atoms with Crippen LogP contribution in [0.1, 0.15) is 25.8 Å². The van der Waals surface area contributed by atoms with Gasteiger partial charge >= 0.3 is 0 Å². The molecular formula is C15H15N3. The minimum Gasteiger partial charge on any atom is -0.367 e. The highest BCUT2D eigenvalue weighted by Crippen LogP contribution is 2.46. The summed E-state index contributed by atoms with van der Waals surface area (Å²) in [4.78, 5) is 4.57. The quantitative estimate of drug-likeness (QED) is 0.871. The summed E-state index contributed by atoms with van der Waals surface area (Å²) in [7, 11) is 0. The number of aromatic nitrogens is 1. The Morgan fingerprint density at radius 1 is 1.39 bits per heavy atom. The molecule has 1 N–H and O–H groups in total.